The number of aromatic nitrogens is 1. The molecule has 7 nitrogen and oxygen atoms in total. The average molecular weight is 521 g/mol. The van der Waals surface area contributed by atoms with E-state index in [4.69, 9.17) is 9.15 Å². The zero-order chi connectivity index (χ0) is 26.3. The van der Waals surface area contributed by atoms with E-state index in [1.165, 1.54) is 11.3 Å². The lowest BCUT2D eigenvalue weighted by atomic mass is 9.95. The number of carbonyl (C=O) groups excluding carboxylic acids is 1. The number of nitrogens with zero attached hydrogens (tertiary/aromatic N) is 2. The number of aryl methyl sites for hydroxylation is 1. The van der Waals surface area contributed by atoms with E-state index in [0.717, 1.165) is 29.5 Å². The molecule has 0 saturated carbocycles. The Morgan fingerprint density at radius 2 is 1.95 bits per heavy atom. The molecular weight excluding hydrogens is 488 g/mol. The van der Waals surface area contributed by atoms with Crippen molar-refractivity contribution in [3.63, 3.8) is 0 Å². The average Bonchev–Trinajstić information content (AvgIpc) is 3.31. The monoisotopic (exact) mass is 520 g/mol. The number of thiazole rings is 1. The molecule has 0 unspecified atom stereocenters. The predicted octanol–water partition coefficient (Wildman–Crippen LogP) is 6.28. The Labute approximate surface area is 219 Å². The Kier molecular flexibility index (Phi) is 7.05. The third-order valence-electron chi connectivity index (χ3n) is 7.40. The molecule has 37 heavy (non-hydrogen) atoms. The number of hydrogen-bond acceptors (Lipinski definition) is 8. The number of esters is 1. The van der Waals surface area contributed by atoms with Gasteiger partial charge in [-0.15, -0.1) is 11.3 Å². The summed E-state index contributed by atoms with van der Waals surface area (Å²) in [5.41, 5.74) is 1.94. The van der Waals surface area contributed by atoms with Crippen LogP contribution < -0.4 is 5.43 Å². The van der Waals surface area contributed by atoms with Gasteiger partial charge in [0.15, 0.2) is 0 Å². The van der Waals surface area contributed by atoms with Crippen LogP contribution in [-0.4, -0.2) is 39.7 Å². The number of fused-ring (bicyclic) bond motifs is 2. The van der Waals surface area contributed by atoms with Crippen molar-refractivity contribution in [3.05, 3.63) is 57.4 Å². The highest BCUT2D eigenvalue weighted by atomic mass is 32.1. The Hall–Kier alpha value is -3.23. The van der Waals surface area contributed by atoms with E-state index in [9.17, 15) is 14.7 Å². The van der Waals surface area contributed by atoms with Crippen LogP contribution in [0.4, 0.5) is 0 Å². The van der Waals surface area contributed by atoms with Gasteiger partial charge in [0.05, 0.1) is 27.8 Å². The number of rotatable bonds is 6. The van der Waals surface area contributed by atoms with Gasteiger partial charge in [-0.2, -0.15) is 0 Å². The quantitative estimate of drug-likeness (QED) is 0.299. The minimum Gasteiger partial charge on any atom is -0.507 e. The molecule has 2 aromatic carbocycles. The zero-order valence-corrected chi connectivity index (χ0v) is 22.5. The maximum Gasteiger partial charge on any atom is 0.375 e. The molecule has 8 heteroatoms. The molecule has 1 aliphatic heterocycles. The van der Waals surface area contributed by atoms with E-state index < -0.39 is 5.97 Å². The topological polar surface area (TPSA) is 92.9 Å². The molecule has 3 heterocycles. The summed E-state index contributed by atoms with van der Waals surface area (Å²) in [7, 11) is 0. The molecule has 1 fully saturated rings. The molecule has 0 radical (unpaired) electrons. The molecule has 0 amide bonds. The minimum absolute atomic E-state index is 0.102. The number of phenolic OH excluding ortho intramolecular Hbond substituents is 1. The van der Waals surface area contributed by atoms with E-state index in [1.807, 2.05) is 31.2 Å². The standard InChI is InChI=1S/C29H32N2O5S/c1-5-18-14-19-25(33)23(28-30-21-12-7-8-13-22(21)37-28)27(29(34)35-6-2)36-26(19)20(24(18)32)15-31-16(3)10-9-11-17(31)4/h7-8,12-14,16-17,32H,5-6,9-11,15H2,1-4H3/t16-,17+. The number of piperidine rings is 1. The van der Waals surface area contributed by atoms with Gasteiger partial charge in [-0.25, -0.2) is 9.78 Å². The fourth-order valence-corrected chi connectivity index (χ4v) is 6.35. The molecule has 1 N–H and O–H groups in total. The highest BCUT2D eigenvalue weighted by Gasteiger charge is 2.31. The van der Waals surface area contributed by atoms with Crippen LogP contribution in [-0.2, 0) is 17.7 Å². The Bertz CT molecular complexity index is 1500. The van der Waals surface area contributed by atoms with Gasteiger partial charge in [-0.1, -0.05) is 25.5 Å². The van der Waals surface area contributed by atoms with Crippen molar-refractivity contribution in [1.29, 1.82) is 0 Å². The summed E-state index contributed by atoms with van der Waals surface area (Å²) in [6.07, 6.45) is 3.84. The van der Waals surface area contributed by atoms with Crippen molar-refractivity contribution in [2.24, 2.45) is 0 Å². The highest BCUT2D eigenvalue weighted by molar-refractivity contribution is 7.21. The minimum atomic E-state index is -0.722. The summed E-state index contributed by atoms with van der Waals surface area (Å²) in [6, 6.07) is 9.92. The second kappa shape index (κ2) is 10.3. The number of aromatic hydroxyl groups is 1. The molecule has 1 saturated heterocycles. The SMILES string of the molecule is CCOC(=O)c1oc2c(CN3[C@H](C)CCC[C@@H]3C)c(O)c(CC)cc2c(=O)c1-c1nc2ccccc2s1. The number of benzene rings is 2. The molecular formula is C29H32N2O5S. The van der Waals surface area contributed by atoms with E-state index in [2.05, 4.69) is 23.7 Å². The number of phenols is 1. The highest BCUT2D eigenvalue weighted by Crippen LogP contribution is 2.38. The van der Waals surface area contributed by atoms with Gasteiger partial charge in [-0.05, 0) is 63.8 Å². The van der Waals surface area contributed by atoms with Gasteiger partial charge in [0.2, 0.25) is 11.2 Å². The molecule has 0 bridgehead atoms. The predicted molar refractivity (Wildman–Crippen MR) is 146 cm³/mol. The van der Waals surface area contributed by atoms with Crippen LogP contribution in [0, 0.1) is 0 Å². The number of para-hydroxylation sites is 1. The normalized spacial score (nSPS) is 18.5. The van der Waals surface area contributed by atoms with Crippen molar-refractivity contribution in [1.82, 2.24) is 9.88 Å². The van der Waals surface area contributed by atoms with E-state index in [0.29, 0.717) is 46.6 Å². The molecule has 4 aromatic rings. The first-order valence-electron chi connectivity index (χ1n) is 13.0. The summed E-state index contributed by atoms with van der Waals surface area (Å²) in [5, 5.41) is 12.0. The van der Waals surface area contributed by atoms with Crippen molar-refractivity contribution in [3.8, 4) is 16.3 Å². The first-order valence-corrected chi connectivity index (χ1v) is 13.8. The van der Waals surface area contributed by atoms with Crippen LogP contribution in [0.2, 0.25) is 0 Å². The first kappa shape index (κ1) is 25.4. The van der Waals surface area contributed by atoms with Crippen molar-refractivity contribution in [2.45, 2.75) is 72.0 Å². The molecule has 5 rings (SSSR count). The van der Waals surface area contributed by atoms with Crippen molar-refractivity contribution >= 4 is 38.5 Å². The van der Waals surface area contributed by atoms with Crippen LogP contribution in [0.25, 0.3) is 31.8 Å². The largest absolute Gasteiger partial charge is 0.507 e. The Morgan fingerprint density at radius 1 is 1.22 bits per heavy atom. The lowest BCUT2D eigenvalue weighted by Gasteiger charge is -2.39. The molecule has 194 valence electrons. The lowest BCUT2D eigenvalue weighted by Crippen LogP contribution is -2.43. The van der Waals surface area contributed by atoms with E-state index >= 15 is 0 Å². The second-order valence-electron chi connectivity index (χ2n) is 9.74. The number of ether oxygens (including phenoxy) is 1. The van der Waals surface area contributed by atoms with Crippen LogP contribution in [0.1, 0.15) is 68.6 Å². The summed E-state index contributed by atoms with van der Waals surface area (Å²) in [5.74, 6) is -0.783. The zero-order valence-electron chi connectivity index (χ0n) is 21.7. The van der Waals surface area contributed by atoms with Gasteiger partial charge >= 0.3 is 5.97 Å². The summed E-state index contributed by atoms with van der Waals surface area (Å²) < 4.78 is 12.5. The molecule has 1 aliphatic rings. The number of hydrogen-bond donors (Lipinski definition) is 1. The third kappa shape index (κ3) is 4.53. The van der Waals surface area contributed by atoms with Gasteiger partial charge in [0, 0.05) is 18.6 Å². The fraction of sp³-hybridized carbons (Fsp3) is 0.414. The van der Waals surface area contributed by atoms with Gasteiger partial charge in [-0.3, -0.25) is 9.69 Å². The van der Waals surface area contributed by atoms with E-state index in [-0.39, 0.29) is 34.7 Å². The number of likely N-dealkylation sites (tertiary alicyclic amines) is 1. The summed E-state index contributed by atoms with van der Waals surface area (Å²) in [4.78, 5) is 34.2. The van der Waals surface area contributed by atoms with Crippen LogP contribution in [0.15, 0.2) is 39.5 Å². The van der Waals surface area contributed by atoms with Crippen molar-refractivity contribution in [2.75, 3.05) is 6.61 Å². The van der Waals surface area contributed by atoms with Gasteiger partial charge < -0.3 is 14.3 Å². The second-order valence-corrected chi connectivity index (χ2v) is 10.8. The fourth-order valence-electron chi connectivity index (χ4n) is 5.35. The van der Waals surface area contributed by atoms with Crippen LogP contribution >= 0.6 is 11.3 Å². The smallest absolute Gasteiger partial charge is 0.375 e. The third-order valence-corrected chi connectivity index (χ3v) is 8.45. The molecule has 2 aromatic heterocycles. The summed E-state index contributed by atoms with van der Waals surface area (Å²) in [6.45, 7) is 8.58. The molecule has 2 atom stereocenters. The maximum absolute atomic E-state index is 14.1. The van der Waals surface area contributed by atoms with E-state index in [1.54, 1.807) is 13.0 Å². The lowest BCUT2D eigenvalue weighted by molar-refractivity contribution is 0.0491. The van der Waals surface area contributed by atoms with Crippen molar-refractivity contribution < 1.29 is 19.1 Å². The summed E-state index contributed by atoms with van der Waals surface area (Å²) >= 11 is 1.33. The first-order chi connectivity index (χ1) is 17.8. The van der Waals surface area contributed by atoms with Gasteiger partial charge in [0.25, 0.3) is 0 Å². The Balaban J connectivity index is 1.79. The Morgan fingerprint density at radius 3 is 2.62 bits per heavy atom. The number of carbonyl (C=O) groups is 1. The molecule has 0 aliphatic carbocycles. The molecule has 0 spiro atoms. The van der Waals surface area contributed by atoms with Gasteiger partial charge in [0.1, 0.15) is 21.9 Å². The maximum atomic E-state index is 14.1. The van der Waals surface area contributed by atoms with Crippen LogP contribution in [0.3, 0.4) is 0 Å². The van der Waals surface area contributed by atoms with Crippen LogP contribution in [0.5, 0.6) is 5.75 Å².